The molecule has 0 fully saturated rings. The molecule has 34 heavy (non-hydrogen) atoms. The molecule has 176 valence electrons. The number of hydrogen-bond acceptors (Lipinski definition) is 5. The second kappa shape index (κ2) is 9.16. The van der Waals surface area contributed by atoms with Gasteiger partial charge >= 0.3 is 6.18 Å². The van der Waals surface area contributed by atoms with Crippen LogP contribution in [0.2, 0.25) is 0 Å². The highest BCUT2D eigenvalue weighted by molar-refractivity contribution is 6.09. The van der Waals surface area contributed by atoms with Crippen LogP contribution in [-0.4, -0.2) is 41.1 Å². The van der Waals surface area contributed by atoms with Gasteiger partial charge in [0.05, 0.1) is 17.3 Å². The van der Waals surface area contributed by atoms with Crippen LogP contribution in [0.3, 0.4) is 0 Å². The van der Waals surface area contributed by atoms with Gasteiger partial charge in [0.25, 0.3) is 11.8 Å². The van der Waals surface area contributed by atoms with Gasteiger partial charge in [0, 0.05) is 17.8 Å². The number of benzene rings is 1. The van der Waals surface area contributed by atoms with E-state index in [9.17, 15) is 27.2 Å². The van der Waals surface area contributed by atoms with E-state index in [0.29, 0.717) is 12.8 Å². The van der Waals surface area contributed by atoms with E-state index >= 15 is 0 Å². The number of carbonyl (C=O) groups excluding carboxylic acids is 2. The van der Waals surface area contributed by atoms with Crippen LogP contribution < -0.4 is 10.6 Å². The summed E-state index contributed by atoms with van der Waals surface area (Å²) in [6.45, 7) is 1.35. The van der Waals surface area contributed by atoms with Crippen LogP contribution in [0.5, 0.6) is 0 Å². The molecule has 2 unspecified atom stereocenters. The van der Waals surface area contributed by atoms with E-state index in [1.165, 1.54) is 31.2 Å². The van der Waals surface area contributed by atoms with Crippen LogP contribution >= 0.6 is 0 Å². The van der Waals surface area contributed by atoms with Crippen LogP contribution in [0.4, 0.5) is 17.6 Å². The molecular formula is C23H19F4N5O2. The summed E-state index contributed by atoms with van der Waals surface area (Å²) in [4.78, 5) is 36.9. The Morgan fingerprint density at radius 1 is 1.03 bits per heavy atom. The predicted molar refractivity (Wildman–Crippen MR) is 116 cm³/mol. The van der Waals surface area contributed by atoms with Crippen molar-refractivity contribution in [1.29, 1.82) is 0 Å². The summed E-state index contributed by atoms with van der Waals surface area (Å²) in [5, 5.41) is 5.37. The lowest BCUT2D eigenvalue weighted by atomic mass is 9.91. The molecule has 7 nitrogen and oxygen atoms in total. The largest absolute Gasteiger partial charge is 0.433 e. The lowest BCUT2D eigenvalue weighted by Crippen LogP contribution is -2.39. The number of guanidine groups is 1. The van der Waals surface area contributed by atoms with Crippen molar-refractivity contribution in [2.45, 2.75) is 38.0 Å². The molecule has 1 aromatic heterocycles. The van der Waals surface area contributed by atoms with Gasteiger partial charge in [-0.15, -0.1) is 0 Å². The first-order valence-corrected chi connectivity index (χ1v) is 10.4. The normalized spacial score (nSPS) is 19.6. The van der Waals surface area contributed by atoms with E-state index in [4.69, 9.17) is 0 Å². The zero-order chi connectivity index (χ0) is 24.5. The highest BCUT2D eigenvalue weighted by atomic mass is 19.4. The minimum absolute atomic E-state index is 0.0148. The molecule has 0 radical (unpaired) electrons. The molecule has 2 heterocycles. The molecule has 1 aliphatic heterocycles. The maximum atomic E-state index is 13.0. The number of amides is 2. The van der Waals surface area contributed by atoms with Gasteiger partial charge in [0.1, 0.15) is 11.5 Å². The van der Waals surface area contributed by atoms with Crippen molar-refractivity contribution in [3.05, 3.63) is 76.4 Å². The van der Waals surface area contributed by atoms with Gasteiger partial charge < -0.3 is 5.32 Å². The average molecular weight is 473 g/mol. The number of aromatic nitrogens is 1. The molecule has 2 amide bonds. The van der Waals surface area contributed by atoms with Gasteiger partial charge in [0.15, 0.2) is 0 Å². The second-order valence-electron chi connectivity index (χ2n) is 7.84. The molecule has 0 saturated heterocycles. The quantitative estimate of drug-likeness (QED) is 0.667. The zero-order valence-electron chi connectivity index (χ0n) is 17.9. The predicted octanol–water partition coefficient (Wildman–Crippen LogP) is 3.61. The third-order valence-electron chi connectivity index (χ3n) is 5.41. The van der Waals surface area contributed by atoms with E-state index in [1.807, 2.05) is 0 Å². The number of aliphatic imine (C=N–C) groups is 2. The first-order chi connectivity index (χ1) is 16.1. The van der Waals surface area contributed by atoms with E-state index in [1.54, 1.807) is 12.3 Å². The summed E-state index contributed by atoms with van der Waals surface area (Å²) < 4.78 is 51.4. The van der Waals surface area contributed by atoms with Crippen molar-refractivity contribution in [3.8, 4) is 0 Å². The molecule has 4 rings (SSSR count). The number of fused-ring (bicyclic) bond motifs is 1. The first kappa shape index (κ1) is 23.3. The van der Waals surface area contributed by atoms with Crippen LogP contribution in [-0.2, 0) is 6.18 Å². The van der Waals surface area contributed by atoms with Crippen molar-refractivity contribution < 1.29 is 27.2 Å². The van der Waals surface area contributed by atoms with Crippen molar-refractivity contribution >= 4 is 24.0 Å². The monoisotopic (exact) mass is 473 g/mol. The Labute approximate surface area is 191 Å². The Bertz CT molecular complexity index is 1220. The van der Waals surface area contributed by atoms with E-state index in [0.717, 1.165) is 17.7 Å². The lowest BCUT2D eigenvalue weighted by Gasteiger charge is -2.27. The van der Waals surface area contributed by atoms with Crippen molar-refractivity contribution in [2.24, 2.45) is 9.98 Å². The van der Waals surface area contributed by atoms with Crippen LogP contribution in [0, 0.1) is 12.7 Å². The fourth-order valence-electron chi connectivity index (χ4n) is 3.67. The van der Waals surface area contributed by atoms with Crippen LogP contribution in [0.25, 0.3) is 0 Å². The van der Waals surface area contributed by atoms with Crippen molar-refractivity contribution in [1.82, 2.24) is 15.6 Å². The molecule has 2 aromatic rings. The molecule has 2 atom stereocenters. The van der Waals surface area contributed by atoms with Gasteiger partial charge in [-0.1, -0.05) is 6.08 Å². The first-order valence-electron chi connectivity index (χ1n) is 10.4. The van der Waals surface area contributed by atoms with E-state index < -0.39 is 29.5 Å². The summed E-state index contributed by atoms with van der Waals surface area (Å²) in [6.07, 6.45) is -0.168. The van der Waals surface area contributed by atoms with Gasteiger partial charge in [-0.3, -0.25) is 14.9 Å². The number of nitrogens with zero attached hydrogens (tertiary/aromatic N) is 3. The minimum Gasteiger partial charge on any atom is -0.346 e. The number of pyridine rings is 1. The molecule has 11 heteroatoms. The molecule has 1 aliphatic carbocycles. The van der Waals surface area contributed by atoms with Crippen LogP contribution in [0.15, 0.2) is 58.0 Å². The number of nitrogens with one attached hydrogen (secondary N) is 2. The van der Waals surface area contributed by atoms with Crippen molar-refractivity contribution in [2.75, 3.05) is 0 Å². The Kier molecular flexibility index (Phi) is 6.27. The summed E-state index contributed by atoms with van der Waals surface area (Å²) >= 11 is 0. The Hall–Kier alpha value is -3.89. The summed E-state index contributed by atoms with van der Waals surface area (Å²) in [5.41, 5.74) is 0.00941. The van der Waals surface area contributed by atoms with E-state index in [-0.39, 0.29) is 34.9 Å². The Balaban J connectivity index is 1.39. The number of rotatable bonds is 3. The lowest BCUT2D eigenvalue weighted by molar-refractivity contribution is -0.141. The average Bonchev–Trinajstić information content (AvgIpc) is 2.78. The maximum Gasteiger partial charge on any atom is 0.433 e. The number of carbonyl (C=O) groups is 2. The van der Waals surface area contributed by atoms with Gasteiger partial charge in [-0.2, -0.15) is 13.2 Å². The molecule has 0 saturated carbocycles. The highest BCUT2D eigenvalue weighted by Crippen LogP contribution is 2.28. The molecular weight excluding hydrogens is 454 g/mol. The Morgan fingerprint density at radius 3 is 2.44 bits per heavy atom. The molecule has 2 N–H and O–H groups in total. The highest BCUT2D eigenvalue weighted by Gasteiger charge is 2.33. The second-order valence-corrected chi connectivity index (χ2v) is 7.84. The number of alkyl halides is 3. The van der Waals surface area contributed by atoms with E-state index in [2.05, 4.69) is 25.6 Å². The number of hydrogen-bond donors (Lipinski definition) is 2. The maximum absolute atomic E-state index is 13.0. The standard InChI is InChI=1S/C23H19F4N5O2/c1-12-17(7-9-19(29-12)23(25,26)27)21(34)30-16-6-8-18-14(10-16)11-28-22(31-18)32-20(33)13-2-4-15(24)5-3-13/h2-5,7,9-11,16,18H,6,8H2,1H3,(H,30,34)(H,31,32,33). The number of aryl methyl sites for hydroxylation is 1. The third-order valence-corrected chi connectivity index (χ3v) is 5.41. The Morgan fingerprint density at radius 2 is 1.76 bits per heavy atom. The molecule has 1 aromatic carbocycles. The third kappa shape index (κ3) is 5.19. The number of halogens is 4. The van der Waals surface area contributed by atoms with Gasteiger partial charge in [-0.25, -0.2) is 19.4 Å². The van der Waals surface area contributed by atoms with Gasteiger partial charge in [0.2, 0.25) is 5.96 Å². The SMILES string of the molecule is Cc1nc(C(F)(F)F)ccc1C(=O)NC1C=C2C=NC(NC(=O)c3ccc(F)cc3)=NC2CC1. The molecule has 2 aliphatic rings. The summed E-state index contributed by atoms with van der Waals surface area (Å²) in [7, 11) is 0. The summed E-state index contributed by atoms with van der Waals surface area (Å²) in [6, 6.07) is 6.33. The van der Waals surface area contributed by atoms with Gasteiger partial charge in [-0.05, 0) is 61.7 Å². The topological polar surface area (TPSA) is 95.8 Å². The fraction of sp³-hybridized carbons (Fsp3) is 0.261. The fourth-order valence-corrected chi connectivity index (χ4v) is 3.67. The molecule has 0 bridgehead atoms. The van der Waals surface area contributed by atoms with Crippen molar-refractivity contribution in [3.63, 3.8) is 0 Å². The minimum atomic E-state index is -4.58. The van der Waals surface area contributed by atoms with Crippen LogP contribution in [0.1, 0.15) is 44.9 Å². The zero-order valence-corrected chi connectivity index (χ0v) is 17.9. The smallest absolute Gasteiger partial charge is 0.346 e. The summed E-state index contributed by atoms with van der Waals surface area (Å²) in [5.74, 6) is -1.31. The molecule has 0 spiro atoms.